The van der Waals surface area contributed by atoms with Crippen molar-refractivity contribution in [1.82, 2.24) is 0 Å². The Hall–Kier alpha value is 0. The fourth-order valence-electron chi connectivity index (χ4n) is 3.72. The van der Waals surface area contributed by atoms with Crippen LogP contribution in [0.25, 0.3) is 0 Å². The summed E-state index contributed by atoms with van der Waals surface area (Å²) in [6.07, 6.45) is 6.80. The Balaban J connectivity index is 4.76. The van der Waals surface area contributed by atoms with Crippen molar-refractivity contribution in [2.24, 2.45) is 23.2 Å². The van der Waals surface area contributed by atoms with Gasteiger partial charge in [0, 0.05) is 0 Å². The van der Waals surface area contributed by atoms with Crippen LogP contribution in [-0.4, -0.2) is 0 Å². The average molecular weight is 226 g/mol. The monoisotopic (exact) mass is 226 g/mol. The first-order valence-electron chi connectivity index (χ1n) is 7.41. The second kappa shape index (κ2) is 7.35. The third kappa shape index (κ3) is 4.47. The smallest absolute Gasteiger partial charge is 0.0293 e. The first-order chi connectivity index (χ1) is 7.41. The Morgan fingerprint density at radius 3 is 1.81 bits per heavy atom. The van der Waals surface area contributed by atoms with Crippen LogP contribution in [0.3, 0.4) is 0 Å². The molecule has 0 aromatic carbocycles. The van der Waals surface area contributed by atoms with E-state index in [9.17, 15) is 0 Å². The van der Waals surface area contributed by atoms with Gasteiger partial charge in [0.2, 0.25) is 0 Å². The van der Waals surface area contributed by atoms with Gasteiger partial charge in [0.25, 0.3) is 0 Å². The Morgan fingerprint density at radius 1 is 0.938 bits per heavy atom. The summed E-state index contributed by atoms with van der Waals surface area (Å²) in [6.45, 7) is 16.8. The van der Waals surface area contributed by atoms with Gasteiger partial charge in [-0.2, -0.15) is 0 Å². The van der Waals surface area contributed by atoms with Crippen LogP contribution in [0, 0.1) is 23.2 Å². The minimum Gasteiger partial charge on any atom is -0.0654 e. The highest BCUT2D eigenvalue weighted by atomic mass is 14.4. The third-order valence-electron chi connectivity index (χ3n) is 4.47. The second-order valence-electron chi connectivity index (χ2n) is 6.38. The van der Waals surface area contributed by atoms with Crippen LogP contribution in [0.1, 0.15) is 80.6 Å². The van der Waals surface area contributed by atoms with Crippen LogP contribution >= 0.6 is 0 Å². The van der Waals surface area contributed by atoms with Crippen LogP contribution < -0.4 is 0 Å². The molecule has 0 heterocycles. The van der Waals surface area contributed by atoms with Gasteiger partial charge in [0.1, 0.15) is 0 Å². The highest BCUT2D eigenvalue weighted by molar-refractivity contribution is 4.84. The summed E-state index contributed by atoms with van der Waals surface area (Å²) in [5, 5.41) is 0. The topological polar surface area (TPSA) is 0 Å². The predicted molar refractivity (Wildman–Crippen MR) is 75.7 cm³/mol. The predicted octanol–water partition coefficient (Wildman–Crippen LogP) is 5.91. The minimum atomic E-state index is 0.563. The zero-order valence-corrected chi connectivity index (χ0v) is 12.8. The van der Waals surface area contributed by atoms with Crippen molar-refractivity contribution in [3.8, 4) is 0 Å². The fourth-order valence-corrected chi connectivity index (χ4v) is 3.72. The summed E-state index contributed by atoms with van der Waals surface area (Å²) in [7, 11) is 0. The Kier molecular flexibility index (Phi) is 7.35. The van der Waals surface area contributed by atoms with Crippen molar-refractivity contribution in [3.63, 3.8) is 0 Å². The van der Waals surface area contributed by atoms with E-state index in [0.717, 1.165) is 17.8 Å². The summed E-state index contributed by atoms with van der Waals surface area (Å²) in [4.78, 5) is 0. The molecule has 0 N–H and O–H groups in total. The Morgan fingerprint density at radius 2 is 1.50 bits per heavy atom. The van der Waals surface area contributed by atoms with Gasteiger partial charge < -0.3 is 0 Å². The van der Waals surface area contributed by atoms with E-state index >= 15 is 0 Å². The largest absolute Gasteiger partial charge is 0.0654 e. The SMILES string of the molecule is CCCC(C)(CC(C)CC)C(CC)C(C)C. The van der Waals surface area contributed by atoms with E-state index < -0.39 is 0 Å². The molecule has 3 unspecified atom stereocenters. The van der Waals surface area contributed by atoms with E-state index in [2.05, 4.69) is 48.5 Å². The van der Waals surface area contributed by atoms with Gasteiger partial charge in [-0.15, -0.1) is 0 Å². The molecule has 0 aliphatic heterocycles. The average Bonchev–Trinajstić information content (AvgIpc) is 2.17. The molecule has 0 nitrogen and oxygen atoms in total. The summed E-state index contributed by atoms with van der Waals surface area (Å²) in [6, 6.07) is 0. The van der Waals surface area contributed by atoms with Crippen LogP contribution in [0.2, 0.25) is 0 Å². The van der Waals surface area contributed by atoms with Crippen LogP contribution in [-0.2, 0) is 0 Å². The molecule has 0 radical (unpaired) electrons. The molecule has 0 aromatic heterocycles. The maximum atomic E-state index is 2.54. The zero-order valence-electron chi connectivity index (χ0n) is 12.8. The van der Waals surface area contributed by atoms with Crippen molar-refractivity contribution >= 4 is 0 Å². The van der Waals surface area contributed by atoms with Crippen LogP contribution in [0.5, 0.6) is 0 Å². The molecule has 16 heavy (non-hydrogen) atoms. The molecule has 0 amide bonds. The number of hydrogen-bond acceptors (Lipinski definition) is 0. The minimum absolute atomic E-state index is 0.563. The van der Waals surface area contributed by atoms with E-state index in [1.807, 2.05) is 0 Å². The van der Waals surface area contributed by atoms with Crippen molar-refractivity contribution in [2.75, 3.05) is 0 Å². The lowest BCUT2D eigenvalue weighted by molar-refractivity contribution is 0.0845. The van der Waals surface area contributed by atoms with Gasteiger partial charge in [0.15, 0.2) is 0 Å². The van der Waals surface area contributed by atoms with Crippen molar-refractivity contribution in [1.29, 1.82) is 0 Å². The molecule has 98 valence electrons. The van der Waals surface area contributed by atoms with E-state index in [1.54, 1.807) is 0 Å². The van der Waals surface area contributed by atoms with Gasteiger partial charge in [-0.3, -0.25) is 0 Å². The molecular formula is C16H34. The van der Waals surface area contributed by atoms with Crippen molar-refractivity contribution in [3.05, 3.63) is 0 Å². The molecule has 0 rings (SSSR count). The molecule has 0 bridgehead atoms. The lowest BCUT2D eigenvalue weighted by Crippen LogP contribution is -2.32. The van der Waals surface area contributed by atoms with Gasteiger partial charge in [-0.25, -0.2) is 0 Å². The summed E-state index contributed by atoms with van der Waals surface area (Å²) in [5.74, 6) is 2.59. The number of rotatable bonds is 8. The standard InChI is InChI=1S/C16H34/c1-8-11-16(7,12-14(6)9-2)15(10-3)13(4)5/h13-15H,8-12H2,1-7H3. The Bertz CT molecular complexity index is 171. The molecule has 3 atom stereocenters. The Labute approximate surface area is 104 Å². The van der Waals surface area contributed by atoms with E-state index in [-0.39, 0.29) is 0 Å². The molecule has 0 heteroatoms. The zero-order chi connectivity index (χ0) is 12.8. The highest BCUT2D eigenvalue weighted by Gasteiger charge is 2.34. The highest BCUT2D eigenvalue weighted by Crippen LogP contribution is 2.44. The summed E-state index contributed by atoms with van der Waals surface area (Å²) < 4.78 is 0. The second-order valence-corrected chi connectivity index (χ2v) is 6.38. The number of hydrogen-bond donors (Lipinski definition) is 0. The van der Waals surface area contributed by atoms with Gasteiger partial charge in [0.05, 0.1) is 0 Å². The van der Waals surface area contributed by atoms with Crippen molar-refractivity contribution in [2.45, 2.75) is 80.6 Å². The first-order valence-corrected chi connectivity index (χ1v) is 7.41. The van der Waals surface area contributed by atoms with Crippen LogP contribution in [0.4, 0.5) is 0 Å². The molecule has 0 aliphatic rings. The van der Waals surface area contributed by atoms with E-state index in [1.165, 1.54) is 32.1 Å². The molecule has 0 saturated carbocycles. The van der Waals surface area contributed by atoms with Gasteiger partial charge >= 0.3 is 0 Å². The molecular weight excluding hydrogens is 192 g/mol. The molecule has 0 aromatic rings. The van der Waals surface area contributed by atoms with E-state index in [0.29, 0.717) is 5.41 Å². The lowest BCUT2D eigenvalue weighted by Gasteiger charge is -2.42. The van der Waals surface area contributed by atoms with Gasteiger partial charge in [-0.05, 0) is 36.0 Å². The van der Waals surface area contributed by atoms with Crippen LogP contribution in [0.15, 0.2) is 0 Å². The maximum absolute atomic E-state index is 2.54. The molecule has 0 spiro atoms. The van der Waals surface area contributed by atoms with Crippen molar-refractivity contribution < 1.29 is 0 Å². The fraction of sp³-hybridized carbons (Fsp3) is 1.00. The molecule has 0 aliphatic carbocycles. The normalized spacial score (nSPS) is 19.5. The third-order valence-corrected chi connectivity index (χ3v) is 4.47. The quantitative estimate of drug-likeness (QED) is 0.482. The van der Waals surface area contributed by atoms with Gasteiger partial charge in [-0.1, -0.05) is 67.7 Å². The summed E-state index contributed by atoms with van der Waals surface area (Å²) >= 11 is 0. The summed E-state index contributed by atoms with van der Waals surface area (Å²) in [5.41, 5.74) is 0.563. The van der Waals surface area contributed by atoms with E-state index in [4.69, 9.17) is 0 Å². The molecule has 0 fully saturated rings. The lowest BCUT2D eigenvalue weighted by atomic mass is 9.64. The molecule has 0 saturated heterocycles. The first kappa shape index (κ1) is 16.0. The maximum Gasteiger partial charge on any atom is -0.0293 e.